The molecule has 1 aromatic heterocycles. The van der Waals surface area contributed by atoms with Crippen molar-refractivity contribution in [2.24, 2.45) is 0 Å². The Kier molecular flexibility index (Phi) is 5.95. The number of hydrogen-bond acceptors (Lipinski definition) is 6. The van der Waals surface area contributed by atoms with Gasteiger partial charge in [0.05, 0.1) is 6.20 Å². The molecule has 188 valence electrons. The van der Waals surface area contributed by atoms with Crippen LogP contribution in [0.4, 0.5) is 4.39 Å². The van der Waals surface area contributed by atoms with Crippen molar-refractivity contribution in [2.75, 3.05) is 13.1 Å². The van der Waals surface area contributed by atoms with Crippen LogP contribution >= 0.6 is 0 Å². The number of fused-ring (bicyclic) bond motifs is 1. The summed E-state index contributed by atoms with van der Waals surface area (Å²) < 4.78 is 20.6. The minimum atomic E-state index is -0.626. The van der Waals surface area contributed by atoms with Gasteiger partial charge >= 0.3 is 0 Å². The molecule has 9 heteroatoms. The minimum absolute atomic E-state index is 0.0309. The van der Waals surface area contributed by atoms with Gasteiger partial charge in [-0.3, -0.25) is 29.6 Å². The zero-order chi connectivity index (χ0) is 24.8. The number of piperidine rings is 1. The Balaban J connectivity index is 1.12. The van der Waals surface area contributed by atoms with Crippen LogP contribution in [0.15, 0.2) is 36.7 Å². The zero-order valence-electron chi connectivity index (χ0n) is 20.0. The Morgan fingerprint density at radius 2 is 1.89 bits per heavy atom. The van der Waals surface area contributed by atoms with E-state index in [0.29, 0.717) is 18.5 Å². The second kappa shape index (κ2) is 9.28. The third-order valence-corrected chi connectivity index (χ3v) is 8.07. The van der Waals surface area contributed by atoms with Gasteiger partial charge in [-0.25, -0.2) is 4.39 Å². The number of nitrogens with one attached hydrogen (secondary N) is 1. The fourth-order valence-electron chi connectivity index (χ4n) is 6.13. The van der Waals surface area contributed by atoms with E-state index >= 15 is 0 Å². The maximum atomic E-state index is 14.1. The van der Waals surface area contributed by atoms with Crippen molar-refractivity contribution in [1.82, 2.24) is 20.1 Å². The number of ether oxygens (including phenoxy) is 1. The summed E-state index contributed by atoms with van der Waals surface area (Å²) in [6.07, 6.45) is 7.79. The normalized spacial score (nSPS) is 27.0. The number of carbonyl (C=O) groups excluding carboxylic acids is 3. The molecule has 1 saturated carbocycles. The summed E-state index contributed by atoms with van der Waals surface area (Å²) in [5, 5.41) is 2.34. The van der Waals surface area contributed by atoms with Crippen molar-refractivity contribution >= 4 is 17.7 Å². The van der Waals surface area contributed by atoms with Crippen LogP contribution in [0.2, 0.25) is 0 Å². The molecular formula is C27H29FN4O4. The standard InChI is InChI=1S/C27H29FN4O4/c28-21-12-29-10-9-19(21)17-13-31(14-17)22-3-1-2-4-24(22)36-18-5-6-20-16(11-18)15-32(27(20)35)23-7-8-25(33)30-26(23)34/h5-6,9-12,17,22-24H,1-4,7-8,13-15H2,(H,30,33,34)/t22?,23?,24-/m0/s1. The zero-order valence-corrected chi connectivity index (χ0v) is 20.0. The fourth-order valence-corrected chi connectivity index (χ4v) is 6.13. The van der Waals surface area contributed by atoms with E-state index in [1.807, 2.05) is 12.1 Å². The van der Waals surface area contributed by atoms with Gasteiger partial charge in [0.2, 0.25) is 11.8 Å². The number of carbonyl (C=O) groups is 3. The fraction of sp³-hybridized carbons (Fsp3) is 0.481. The van der Waals surface area contributed by atoms with E-state index in [1.165, 1.54) is 6.20 Å². The monoisotopic (exact) mass is 492 g/mol. The predicted molar refractivity (Wildman–Crippen MR) is 128 cm³/mol. The number of imide groups is 1. The van der Waals surface area contributed by atoms with Crippen LogP contribution in [0.1, 0.15) is 65.9 Å². The van der Waals surface area contributed by atoms with Crippen molar-refractivity contribution < 1.29 is 23.5 Å². The van der Waals surface area contributed by atoms with E-state index in [1.54, 1.807) is 23.2 Å². The molecule has 1 aromatic carbocycles. The number of amides is 3. The van der Waals surface area contributed by atoms with E-state index in [-0.39, 0.29) is 42.1 Å². The number of likely N-dealkylation sites (tertiary alicyclic amines) is 1. The number of pyridine rings is 1. The van der Waals surface area contributed by atoms with E-state index in [0.717, 1.165) is 55.6 Å². The van der Waals surface area contributed by atoms with Crippen molar-refractivity contribution in [3.63, 3.8) is 0 Å². The number of rotatable bonds is 5. The molecule has 3 fully saturated rings. The molecule has 2 unspecified atom stereocenters. The highest BCUT2D eigenvalue weighted by Gasteiger charge is 2.41. The first kappa shape index (κ1) is 23.1. The molecule has 8 nitrogen and oxygen atoms in total. The van der Waals surface area contributed by atoms with Gasteiger partial charge in [0.1, 0.15) is 23.7 Å². The summed E-state index contributed by atoms with van der Waals surface area (Å²) in [5.74, 6) is -0.221. The average Bonchev–Trinajstić information content (AvgIpc) is 3.16. The summed E-state index contributed by atoms with van der Waals surface area (Å²) in [6, 6.07) is 6.95. The van der Waals surface area contributed by atoms with Crippen molar-refractivity contribution in [1.29, 1.82) is 0 Å². The molecule has 0 spiro atoms. The summed E-state index contributed by atoms with van der Waals surface area (Å²) in [5.41, 5.74) is 2.15. The molecular weight excluding hydrogens is 463 g/mol. The quantitative estimate of drug-likeness (QED) is 0.646. The molecule has 2 aromatic rings. The molecule has 6 rings (SSSR count). The van der Waals surface area contributed by atoms with Crippen LogP contribution in [0, 0.1) is 5.82 Å². The maximum Gasteiger partial charge on any atom is 0.255 e. The van der Waals surface area contributed by atoms with Gasteiger partial charge in [0.25, 0.3) is 5.91 Å². The molecule has 1 N–H and O–H groups in total. The summed E-state index contributed by atoms with van der Waals surface area (Å²) in [4.78, 5) is 44.6. The molecule has 4 aliphatic rings. The van der Waals surface area contributed by atoms with Crippen molar-refractivity contribution in [3.8, 4) is 5.75 Å². The number of benzene rings is 1. The molecule has 0 bridgehead atoms. The van der Waals surface area contributed by atoms with Crippen LogP contribution in [-0.2, 0) is 16.1 Å². The number of nitrogens with zero attached hydrogens (tertiary/aromatic N) is 3. The first-order valence-electron chi connectivity index (χ1n) is 12.8. The Labute approximate surface area is 208 Å². The van der Waals surface area contributed by atoms with Gasteiger partial charge in [-0.15, -0.1) is 0 Å². The third kappa shape index (κ3) is 4.15. The van der Waals surface area contributed by atoms with Gasteiger partial charge < -0.3 is 9.64 Å². The lowest BCUT2D eigenvalue weighted by molar-refractivity contribution is -0.136. The summed E-state index contributed by atoms with van der Waals surface area (Å²) in [6.45, 7) is 1.95. The smallest absolute Gasteiger partial charge is 0.255 e. The second-order valence-electron chi connectivity index (χ2n) is 10.3. The predicted octanol–water partition coefficient (Wildman–Crippen LogP) is 2.77. The largest absolute Gasteiger partial charge is 0.489 e. The van der Waals surface area contributed by atoms with E-state index in [9.17, 15) is 18.8 Å². The van der Waals surface area contributed by atoms with Crippen LogP contribution in [-0.4, -0.2) is 63.8 Å². The molecule has 2 saturated heterocycles. The van der Waals surface area contributed by atoms with E-state index in [4.69, 9.17) is 4.74 Å². The molecule has 3 amide bonds. The summed E-state index contributed by atoms with van der Waals surface area (Å²) in [7, 11) is 0. The minimum Gasteiger partial charge on any atom is -0.489 e. The first-order chi connectivity index (χ1) is 17.5. The Bertz CT molecular complexity index is 1210. The molecule has 3 aliphatic heterocycles. The average molecular weight is 493 g/mol. The van der Waals surface area contributed by atoms with Crippen LogP contribution in [0.25, 0.3) is 0 Å². The highest BCUT2D eigenvalue weighted by molar-refractivity contribution is 6.05. The van der Waals surface area contributed by atoms with Gasteiger partial charge in [-0.1, -0.05) is 6.42 Å². The van der Waals surface area contributed by atoms with E-state index in [2.05, 4.69) is 15.2 Å². The van der Waals surface area contributed by atoms with Gasteiger partial charge in [-0.05, 0) is 61.1 Å². The molecule has 36 heavy (non-hydrogen) atoms. The molecule has 4 heterocycles. The topological polar surface area (TPSA) is 91.8 Å². The molecule has 1 aliphatic carbocycles. The first-order valence-corrected chi connectivity index (χ1v) is 12.8. The Hall–Kier alpha value is -3.33. The highest BCUT2D eigenvalue weighted by atomic mass is 19.1. The molecule has 3 atom stereocenters. The lowest BCUT2D eigenvalue weighted by atomic mass is 9.84. The lowest BCUT2D eigenvalue weighted by Gasteiger charge is -2.48. The van der Waals surface area contributed by atoms with E-state index < -0.39 is 11.9 Å². The summed E-state index contributed by atoms with van der Waals surface area (Å²) >= 11 is 0. The number of halogens is 1. The van der Waals surface area contributed by atoms with Crippen molar-refractivity contribution in [3.05, 3.63) is 59.2 Å². The Morgan fingerprint density at radius 3 is 2.69 bits per heavy atom. The van der Waals surface area contributed by atoms with Crippen molar-refractivity contribution in [2.45, 2.75) is 69.2 Å². The second-order valence-corrected chi connectivity index (χ2v) is 10.3. The third-order valence-electron chi connectivity index (χ3n) is 8.07. The van der Waals surface area contributed by atoms with Gasteiger partial charge in [0, 0.05) is 49.8 Å². The van der Waals surface area contributed by atoms with Gasteiger partial charge in [0.15, 0.2) is 0 Å². The van der Waals surface area contributed by atoms with Crippen LogP contribution in [0.3, 0.4) is 0 Å². The van der Waals surface area contributed by atoms with Crippen LogP contribution < -0.4 is 10.1 Å². The lowest BCUT2D eigenvalue weighted by Crippen LogP contribution is -2.57. The maximum absolute atomic E-state index is 14.1. The van der Waals surface area contributed by atoms with Crippen LogP contribution in [0.5, 0.6) is 5.75 Å². The number of aromatic nitrogens is 1. The number of hydrogen-bond donors (Lipinski definition) is 1. The van der Waals surface area contributed by atoms with Gasteiger partial charge in [-0.2, -0.15) is 0 Å². The molecule has 0 radical (unpaired) electrons. The SMILES string of the molecule is O=C1CCC(N2Cc3cc(O[C@H]4CCCCC4N4CC(c5ccncc5F)C4)ccc3C2=O)C(=O)N1. The Morgan fingerprint density at radius 1 is 1.06 bits per heavy atom. The highest BCUT2D eigenvalue weighted by Crippen LogP contribution is 2.37.